The molecule has 2 aromatic carbocycles. The summed E-state index contributed by atoms with van der Waals surface area (Å²) in [4.78, 5) is 16.4. The van der Waals surface area contributed by atoms with Crippen molar-refractivity contribution in [2.45, 2.75) is 56.8 Å². The maximum absolute atomic E-state index is 14.2. The van der Waals surface area contributed by atoms with Gasteiger partial charge in [-0.2, -0.15) is 9.40 Å². The fraction of sp³-hybridized carbons (Fsp3) is 0.419. The van der Waals surface area contributed by atoms with Gasteiger partial charge in [0.15, 0.2) is 0 Å². The second kappa shape index (κ2) is 9.66. The molecule has 6 rings (SSSR count). The van der Waals surface area contributed by atoms with Gasteiger partial charge in [-0.3, -0.25) is 4.79 Å². The van der Waals surface area contributed by atoms with Crippen molar-refractivity contribution in [2.24, 2.45) is 5.41 Å². The number of piperidine rings is 1. The van der Waals surface area contributed by atoms with E-state index in [4.69, 9.17) is 0 Å². The van der Waals surface area contributed by atoms with E-state index in [1.807, 2.05) is 23.1 Å². The number of nitrogens with zero attached hydrogens (tertiary/aromatic N) is 4. The molecule has 0 N–H and O–H groups in total. The lowest BCUT2D eigenvalue weighted by Gasteiger charge is -2.46. The van der Waals surface area contributed by atoms with Crippen molar-refractivity contribution in [1.82, 2.24) is 19.0 Å². The number of carbonyl (C=O) groups excluding carboxylic acids is 1. The molecule has 1 atom stereocenters. The standard InChI is InChI=1S/C31H35FN4O3S/c1-30(2,3)23-6-12-27(13-7-23)40(38,39)35-17-14-24-18-28-22(20-33-36(28)26-10-8-25(32)9-11-26)19-31(24,21-35)29(37)34-15-4-5-16-34/h6-13,18,20H,4-5,14-17,19,21H2,1-3H3/t31-/m0/s1. The lowest BCUT2D eigenvalue weighted by atomic mass is 9.68. The molecule has 0 saturated carbocycles. The Labute approximate surface area is 235 Å². The van der Waals surface area contributed by atoms with Crippen LogP contribution < -0.4 is 0 Å². The van der Waals surface area contributed by atoms with E-state index in [-0.39, 0.29) is 28.6 Å². The summed E-state index contributed by atoms with van der Waals surface area (Å²) in [5.74, 6) is -0.320. The van der Waals surface area contributed by atoms with Gasteiger partial charge in [-0.15, -0.1) is 0 Å². The zero-order valence-electron chi connectivity index (χ0n) is 23.2. The molecule has 40 heavy (non-hydrogen) atoms. The van der Waals surface area contributed by atoms with Crippen LogP contribution in [-0.2, 0) is 26.7 Å². The van der Waals surface area contributed by atoms with Gasteiger partial charge in [-0.05, 0) is 90.3 Å². The van der Waals surface area contributed by atoms with Gasteiger partial charge in [0.1, 0.15) is 5.82 Å². The molecule has 9 heteroatoms. The first-order valence-corrected chi connectivity index (χ1v) is 15.4. The largest absolute Gasteiger partial charge is 0.342 e. The van der Waals surface area contributed by atoms with Crippen molar-refractivity contribution >= 4 is 22.0 Å². The highest BCUT2D eigenvalue weighted by molar-refractivity contribution is 7.89. The molecule has 7 nitrogen and oxygen atoms in total. The summed E-state index contributed by atoms with van der Waals surface area (Å²) in [5.41, 5.74) is 3.41. The van der Waals surface area contributed by atoms with Crippen LogP contribution in [0.3, 0.4) is 0 Å². The molecule has 0 unspecified atom stereocenters. The molecule has 1 aromatic heterocycles. The third-order valence-corrected chi connectivity index (χ3v) is 10.5. The number of rotatable bonds is 4. The van der Waals surface area contributed by atoms with Gasteiger partial charge in [-0.25, -0.2) is 17.5 Å². The first-order chi connectivity index (χ1) is 19.0. The first kappa shape index (κ1) is 26.9. The lowest BCUT2D eigenvalue weighted by molar-refractivity contribution is -0.140. The Balaban J connectivity index is 1.38. The number of hydrogen-bond donors (Lipinski definition) is 0. The zero-order valence-corrected chi connectivity index (χ0v) is 24.0. The number of sulfonamides is 1. The molecular formula is C31H35FN4O3S. The zero-order chi connectivity index (χ0) is 28.3. The van der Waals surface area contributed by atoms with Crippen LogP contribution in [0.4, 0.5) is 4.39 Å². The van der Waals surface area contributed by atoms with Crippen LogP contribution in [0.5, 0.6) is 0 Å². The van der Waals surface area contributed by atoms with E-state index in [1.165, 1.54) is 16.4 Å². The van der Waals surface area contributed by atoms with Gasteiger partial charge in [-0.1, -0.05) is 32.9 Å². The average Bonchev–Trinajstić information content (AvgIpc) is 3.61. The Morgan fingerprint density at radius 1 is 0.975 bits per heavy atom. The van der Waals surface area contributed by atoms with Crippen LogP contribution in [0.25, 0.3) is 11.8 Å². The molecule has 210 valence electrons. The quantitative estimate of drug-likeness (QED) is 0.451. The Morgan fingerprint density at radius 3 is 2.30 bits per heavy atom. The molecule has 1 aliphatic carbocycles. The van der Waals surface area contributed by atoms with Gasteiger partial charge in [0.25, 0.3) is 0 Å². The second-order valence-corrected chi connectivity index (χ2v) is 14.2. The molecule has 0 radical (unpaired) electrons. The summed E-state index contributed by atoms with van der Waals surface area (Å²) in [7, 11) is -3.81. The van der Waals surface area contributed by atoms with E-state index < -0.39 is 15.4 Å². The van der Waals surface area contributed by atoms with E-state index >= 15 is 0 Å². The van der Waals surface area contributed by atoms with Crippen molar-refractivity contribution < 1.29 is 17.6 Å². The van der Waals surface area contributed by atoms with Crippen molar-refractivity contribution in [3.05, 3.63) is 82.9 Å². The van der Waals surface area contributed by atoms with Crippen LogP contribution in [0, 0.1) is 11.2 Å². The topological polar surface area (TPSA) is 75.5 Å². The molecule has 3 aromatic rings. The number of likely N-dealkylation sites (tertiary alicyclic amines) is 1. The van der Waals surface area contributed by atoms with E-state index in [1.54, 1.807) is 35.1 Å². The molecule has 1 amide bonds. The molecule has 2 saturated heterocycles. The van der Waals surface area contributed by atoms with Crippen molar-refractivity contribution in [3.8, 4) is 5.69 Å². The number of aromatic nitrogens is 2. The van der Waals surface area contributed by atoms with Crippen LogP contribution in [0.2, 0.25) is 0 Å². The number of amides is 1. The minimum atomic E-state index is -3.81. The fourth-order valence-electron chi connectivity index (χ4n) is 6.29. The van der Waals surface area contributed by atoms with E-state index in [2.05, 4.69) is 25.9 Å². The van der Waals surface area contributed by atoms with Gasteiger partial charge in [0.2, 0.25) is 15.9 Å². The number of hydrogen-bond acceptors (Lipinski definition) is 4. The predicted octanol–water partition coefficient (Wildman–Crippen LogP) is 4.95. The summed E-state index contributed by atoms with van der Waals surface area (Å²) in [6.07, 6.45) is 6.51. The average molecular weight is 563 g/mol. The van der Waals surface area contributed by atoms with Gasteiger partial charge in [0.05, 0.1) is 27.9 Å². The summed E-state index contributed by atoms with van der Waals surface area (Å²) < 4.78 is 44.6. The molecule has 2 aliphatic heterocycles. The molecule has 0 spiro atoms. The highest BCUT2D eigenvalue weighted by Gasteiger charge is 2.52. The summed E-state index contributed by atoms with van der Waals surface area (Å²) in [6.45, 7) is 8.06. The minimum absolute atomic E-state index is 0.000544. The SMILES string of the molecule is CC(C)(C)c1ccc(S(=O)(=O)N2CCC3=Cc4c(cnn4-c4ccc(F)cc4)C[C@]3(C(=O)N3CCCC3)C2)cc1. The highest BCUT2D eigenvalue weighted by Crippen LogP contribution is 2.47. The van der Waals surface area contributed by atoms with Gasteiger partial charge < -0.3 is 4.90 Å². The maximum atomic E-state index is 14.2. The lowest BCUT2D eigenvalue weighted by Crippen LogP contribution is -2.56. The minimum Gasteiger partial charge on any atom is -0.342 e. The monoisotopic (exact) mass is 562 g/mol. The summed E-state index contributed by atoms with van der Waals surface area (Å²) in [6, 6.07) is 13.3. The third-order valence-electron chi connectivity index (χ3n) is 8.61. The number of benzene rings is 2. The Bertz CT molecular complexity index is 1580. The second-order valence-electron chi connectivity index (χ2n) is 12.2. The van der Waals surface area contributed by atoms with Crippen LogP contribution >= 0.6 is 0 Å². The highest BCUT2D eigenvalue weighted by atomic mass is 32.2. The Morgan fingerprint density at radius 2 is 1.65 bits per heavy atom. The summed E-state index contributed by atoms with van der Waals surface area (Å²) >= 11 is 0. The molecule has 3 aliphatic rings. The van der Waals surface area contributed by atoms with E-state index in [0.717, 1.165) is 40.9 Å². The Kier molecular flexibility index (Phi) is 6.50. The number of carbonyl (C=O) groups is 1. The smallest absolute Gasteiger partial charge is 0.243 e. The molecule has 0 bridgehead atoms. The maximum Gasteiger partial charge on any atom is 0.243 e. The van der Waals surface area contributed by atoms with Crippen molar-refractivity contribution in [3.63, 3.8) is 0 Å². The first-order valence-electron chi connectivity index (χ1n) is 13.9. The van der Waals surface area contributed by atoms with Crippen LogP contribution in [-0.4, -0.2) is 59.5 Å². The van der Waals surface area contributed by atoms with E-state index in [0.29, 0.717) is 32.5 Å². The normalized spacial score (nSPS) is 21.6. The summed E-state index contributed by atoms with van der Waals surface area (Å²) in [5, 5.41) is 4.58. The van der Waals surface area contributed by atoms with E-state index in [9.17, 15) is 17.6 Å². The van der Waals surface area contributed by atoms with Gasteiger partial charge >= 0.3 is 0 Å². The van der Waals surface area contributed by atoms with Crippen molar-refractivity contribution in [1.29, 1.82) is 0 Å². The number of halogens is 1. The Hall–Kier alpha value is -3.30. The van der Waals surface area contributed by atoms with Crippen LogP contribution in [0.1, 0.15) is 56.9 Å². The van der Waals surface area contributed by atoms with Crippen LogP contribution in [0.15, 0.2) is 65.2 Å². The predicted molar refractivity (Wildman–Crippen MR) is 152 cm³/mol. The number of fused-ring (bicyclic) bond motifs is 2. The molecule has 2 fully saturated rings. The van der Waals surface area contributed by atoms with Gasteiger partial charge in [0, 0.05) is 26.2 Å². The molecule has 3 heterocycles. The van der Waals surface area contributed by atoms with Crippen molar-refractivity contribution in [2.75, 3.05) is 26.2 Å². The third kappa shape index (κ3) is 4.49. The fourth-order valence-corrected chi connectivity index (χ4v) is 7.79. The molecular weight excluding hydrogens is 527 g/mol.